The average molecular weight is 177 g/mol. The molecule has 1 aromatic rings. The van der Waals surface area contributed by atoms with Crippen molar-refractivity contribution in [3.63, 3.8) is 0 Å². The summed E-state index contributed by atoms with van der Waals surface area (Å²) in [5.41, 5.74) is 1.13. The lowest BCUT2D eigenvalue weighted by Crippen LogP contribution is -2.04. The first-order chi connectivity index (χ1) is 5.70. The minimum absolute atomic E-state index is 1.02. The highest BCUT2D eigenvalue weighted by molar-refractivity contribution is 6.57. The van der Waals surface area contributed by atoms with Crippen LogP contribution in [0.1, 0.15) is 12.5 Å². The third kappa shape index (κ3) is 2.64. The molecule has 0 saturated carbocycles. The van der Waals surface area contributed by atoms with Crippen LogP contribution in [0.25, 0.3) is 6.08 Å². The average Bonchev–Trinajstić information content (AvgIpc) is 2.06. The van der Waals surface area contributed by atoms with E-state index in [2.05, 4.69) is 0 Å². The monoisotopic (exact) mass is 177 g/mol. The Balaban J connectivity index is 2.81. The van der Waals surface area contributed by atoms with E-state index in [-0.39, 0.29) is 0 Å². The van der Waals surface area contributed by atoms with Gasteiger partial charge in [-0.2, -0.15) is 0 Å². The molecule has 12 heavy (non-hydrogen) atoms. The molecule has 2 heteroatoms. The molecule has 0 aliphatic rings. The third-order valence-electron chi connectivity index (χ3n) is 1.84. The molecule has 0 N–H and O–H groups in total. The van der Waals surface area contributed by atoms with Gasteiger partial charge in [0.15, 0.2) is 0 Å². The summed E-state index contributed by atoms with van der Waals surface area (Å²) in [7, 11) is -1.82. The summed E-state index contributed by atoms with van der Waals surface area (Å²) < 4.78 is 0. The van der Waals surface area contributed by atoms with Crippen LogP contribution in [0.3, 0.4) is 0 Å². The lowest BCUT2D eigenvalue weighted by Gasteiger charge is -1.99. The van der Waals surface area contributed by atoms with Gasteiger partial charge >= 0.3 is 0 Å². The van der Waals surface area contributed by atoms with Crippen molar-refractivity contribution in [2.75, 3.05) is 0 Å². The van der Waals surface area contributed by atoms with E-state index in [1.165, 1.54) is 0 Å². The van der Waals surface area contributed by atoms with Gasteiger partial charge in [0, 0.05) is 0 Å². The molecule has 1 nitrogen and oxygen atoms in total. The smallest absolute Gasteiger partial charge is 0.245 e. The highest BCUT2D eigenvalue weighted by atomic mass is 28.3. The van der Waals surface area contributed by atoms with E-state index >= 15 is 0 Å². The van der Waals surface area contributed by atoms with E-state index in [4.69, 9.17) is 0 Å². The standard InChI is InChI=1S/C10H13OSi/c1-9(12(2)11)8-10-6-4-3-5-7-10/h3-8,12H,1-2H3/b9-8+. The topological polar surface area (TPSA) is 19.9 Å². The molecule has 0 aliphatic carbocycles. The van der Waals surface area contributed by atoms with E-state index in [0.717, 1.165) is 10.8 Å². The van der Waals surface area contributed by atoms with E-state index < -0.39 is 9.04 Å². The minimum Gasteiger partial charge on any atom is -0.296 e. The SMILES string of the molecule is C/C(=C\c1ccccc1)[SiH](C)[O]. The molecule has 0 aliphatic heterocycles. The van der Waals surface area contributed by atoms with Crippen LogP contribution in [0, 0.1) is 0 Å². The Labute approximate surface area is 75.1 Å². The normalized spacial score (nSPS) is 14.4. The van der Waals surface area contributed by atoms with Crippen LogP contribution in [0.4, 0.5) is 0 Å². The Bertz CT molecular complexity index is 264. The second-order valence-electron chi connectivity index (χ2n) is 2.94. The van der Waals surface area contributed by atoms with Crippen molar-refractivity contribution in [1.82, 2.24) is 0 Å². The summed E-state index contributed by atoms with van der Waals surface area (Å²) in [5.74, 6) is 0. The van der Waals surface area contributed by atoms with Crippen molar-refractivity contribution in [2.45, 2.75) is 13.5 Å². The van der Waals surface area contributed by atoms with Crippen molar-refractivity contribution in [1.29, 1.82) is 0 Å². The summed E-state index contributed by atoms with van der Waals surface area (Å²) >= 11 is 0. The van der Waals surface area contributed by atoms with Gasteiger partial charge in [-0.1, -0.05) is 41.6 Å². The fourth-order valence-corrected chi connectivity index (χ4v) is 1.36. The Morgan fingerprint density at radius 1 is 1.33 bits per heavy atom. The zero-order chi connectivity index (χ0) is 8.97. The number of hydrogen-bond acceptors (Lipinski definition) is 0. The van der Waals surface area contributed by atoms with Crippen molar-refractivity contribution >= 4 is 15.1 Å². The molecule has 1 rings (SSSR count). The van der Waals surface area contributed by atoms with Gasteiger partial charge in [0.05, 0.1) is 0 Å². The van der Waals surface area contributed by atoms with Crippen LogP contribution in [-0.4, -0.2) is 9.04 Å². The molecular weight excluding hydrogens is 164 g/mol. The molecule has 1 atom stereocenters. The van der Waals surface area contributed by atoms with Gasteiger partial charge in [0.1, 0.15) is 0 Å². The molecule has 0 saturated heterocycles. The first kappa shape index (κ1) is 9.23. The van der Waals surface area contributed by atoms with Crippen molar-refractivity contribution in [3.8, 4) is 0 Å². The summed E-state index contributed by atoms with van der Waals surface area (Å²) in [5, 5.41) is 1.02. The van der Waals surface area contributed by atoms with Gasteiger partial charge in [-0.3, -0.25) is 4.80 Å². The predicted octanol–water partition coefficient (Wildman–Crippen LogP) is 2.41. The van der Waals surface area contributed by atoms with Crippen molar-refractivity contribution in [2.24, 2.45) is 0 Å². The number of hydrogen-bond donors (Lipinski definition) is 0. The van der Waals surface area contributed by atoms with Crippen LogP contribution < -0.4 is 0 Å². The maximum absolute atomic E-state index is 11.1. The van der Waals surface area contributed by atoms with Gasteiger partial charge in [-0.15, -0.1) is 0 Å². The Morgan fingerprint density at radius 3 is 2.42 bits per heavy atom. The molecule has 63 valence electrons. The molecule has 0 amide bonds. The van der Waals surface area contributed by atoms with Gasteiger partial charge in [0.2, 0.25) is 9.04 Å². The zero-order valence-electron chi connectivity index (χ0n) is 7.45. The van der Waals surface area contributed by atoms with E-state index in [9.17, 15) is 4.80 Å². The number of allylic oxidation sites excluding steroid dienone is 1. The number of rotatable bonds is 2. The molecular formula is C10H13OSi. The molecule has 0 fully saturated rings. The lowest BCUT2D eigenvalue weighted by molar-refractivity contribution is 0.461. The largest absolute Gasteiger partial charge is 0.296 e. The Hall–Kier alpha value is -0.863. The van der Waals surface area contributed by atoms with Crippen molar-refractivity contribution < 1.29 is 4.80 Å². The highest BCUT2D eigenvalue weighted by Gasteiger charge is 2.02. The van der Waals surface area contributed by atoms with E-state index in [1.54, 1.807) is 6.55 Å². The maximum Gasteiger partial charge on any atom is 0.245 e. The quantitative estimate of drug-likeness (QED) is 0.618. The van der Waals surface area contributed by atoms with Crippen LogP contribution in [0.5, 0.6) is 0 Å². The molecule has 1 radical (unpaired) electrons. The first-order valence-corrected chi connectivity index (χ1v) is 6.29. The molecule has 1 unspecified atom stereocenters. The zero-order valence-corrected chi connectivity index (χ0v) is 8.60. The summed E-state index contributed by atoms with van der Waals surface area (Å²) in [6, 6.07) is 9.97. The van der Waals surface area contributed by atoms with Gasteiger partial charge in [0.25, 0.3) is 0 Å². The van der Waals surface area contributed by atoms with E-state index in [0.29, 0.717) is 0 Å². The second kappa shape index (κ2) is 4.23. The van der Waals surface area contributed by atoms with Gasteiger partial charge in [-0.05, 0) is 19.0 Å². The predicted molar refractivity (Wildman–Crippen MR) is 53.8 cm³/mol. The Morgan fingerprint density at radius 2 is 1.92 bits per heavy atom. The van der Waals surface area contributed by atoms with E-state index in [1.807, 2.05) is 43.3 Å². The first-order valence-electron chi connectivity index (χ1n) is 4.09. The van der Waals surface area contributed by atoms with Crippen LogP contribution in [0.15, 0.2) is 35.5 Å². The third-order valence-corrected chi connectivity index (χ3v) is 3.28. The molecule has 1 aromatic carbocycles. The molecule has 0 aromatic heterocycles. The Kier molecular flexibility index (Phi) is 3.26. The van der Waals surface area contributed by atoms with Gasteiger partial charge in [-0.25, -0.2) is 0 Å². The highest BCUT2D eigenvalue weighted by Crippen LogP contribution is 2.07. The van der Waals surface area contributed by atoms with Crippen LogP contribution in [0.2, 0.25) is 6.55 Å². The lowest BCUT2D eigenvalue weighted by atomic mass is 10.2. The summed E-state index contributed by atoms with van der Waals surface area (Å²) in [6.45, 7) is 3.73. The molecule has 0 bridgehead atoms. The van der Waals surface area contributed by atoms with Gasteiger partial charge < -0.3 is 0 Å². The summed E-state index contributed by atoms with van der Waals surface area (Å²) in [6.07, 6.45) is 1.99. The minimum atomic E-state index is -1.82. The fraction of sp³-hybridized carbons (Fsp3) is 0.200. The summed E-state index contributed by atoms with van der Waals surface area (Å²) in [4.78, 5) is 11.1. The fourth-order valence-electron chi connectivity index (χ4n) is 0.930. The van der Waals surface area contributed by atoms with Crippen LogP contribution >= 0.6 is 0 Å². The maximum atomic E-state index is 11.1. The number of benzene rings is 1. The second-order valence-corrected chi connectivity index (χ2v) is 5.14. The van der Waals surface area contributed by atoms with Crippen LogP contribution in [-0.2, 0) is 4.80 Å². The van der Waals surface area contributed by atoms with Crippen molar-refractivity contribution in [3.05, 3.63) is 41.1 Å². The molecule has 0 heterocycles. The molecule has 0 spiro atoms.